The van der Waals surface area contributed by atoms with Crippen molar-refractivity contribution in [3.8, 4) is 0 Å². The number of nitrogens with two attached hydrogens (primary N) is 1. The molecule has 0 radical (unpaired) electrons. The molecule has 1 heterocycles. The van der Waals surface area contributed by atoms with Crippen molar-refractivity contribution in [2.24, 2.45) is 10.7 Å². The van der Waals surface area contributed by atoms with Crippen molar-refractivity contribution in [3.05, 3.63) is 24.0 Å². The lowest BCUT2D eigenvalue weighted by Crippen LogP contribution is -2.30. The van der Waals surface area contributed by atoms with Crippen molar-refractivity contribution in [3.63, 3.8) is 0 Å². The maximum atomic E-state index is 12.0. The predicted molar refractivity (Wildman–Crippen MR) is 99.3 cm³/mol. The van der Waals surface area contributed by atoms with E-state index in [4.69, 9.17) is 10.5 Å². The van der Waals surface area contributed by atoms with Gasteiger partial charge in [0.15, 0.2) is 5.17 Å². The summed E-state index contributed by atoms with van der Waals surface area (Å²) in [7, 11) is 1.64. The van der Waals surface area contributed by atoms with E-state index in [0.717, 1.165) is 0 Å². The highest BCUT2D eigenvalue weighted by molar-refractivity contribution is 8.13. The first-order valence-corrected chi connectivity index (χ1v) is 8.90. The minimum absolute atomic E-state index is 0.173. The second-order valence-corrected chi connectivity index (χ2v) is 6.09. The Morgan fingerprint density at radius 1 is 1.42 bits per heavy atom. The Hall–Kier alpha value is -1.80. The minimum Gasteiger partial charge on any atom is -0.378 e. The van der Waals surface area contributed by atoms with Gasteiger partial charge >= 0.3 is 0 Å². The molecule has 0 aromatic carbocycles. The van der Waals surface area contributed by atoms with Gasteiger partial charge in [-0.1, -0.05) is 25.6 Å². The number of hydrogen-bond donors (Lipinski definition) is 2. The molecule has 0 aliphatic rings. The molecule has 0 atom stereocenters. The first-order valence-electron chi connectivity index (χ1n) is 7.67. The van der Waals surface area contributed by atoms with E-state index < -0.39 is 5.91 Å². The summed E-state index contributed by atoms with van der Waals surface area (Å²) in [5.74, 6) is -0.819. The molecule has 7 nitrogen and oxygen atoms in total. The van der Waals surface area contributed by atoms with Gasteiger partial charge in [0.1, 0.15) is 0 Å². The molecule has 24 heavy (non-hydrogen) atoms. The number of rotatable bonds is 6. The van der Waals surface area contributed by atoms with Crippen molar-refractivity contribution in [1.82, 2.24) is 9.88 Å². The fourth-order valence-electron chi connectivity index (χ4n) is 1.64. The molecule has 0 unspecified atom stereocenters. The number of nitrogens with one attached hydrogen (secondary N) is 1. The van der Waals surface area contributed by atoms with E-state index >= 15 is 0 Å². The van der Waals surface area contributed by atoms with Crippen molar-refractivity contribution >= 4 is 28.7 Å². The molecular formula is C16H28N4O3S. The zero-order valence-electron chi connectivity index (χ0n) is 15.3. The molecule has 8 heteroatoms. The normalized spacial score (nSPS) is 11.5. The van der Waals surface area contributed by atoms with E-state index in [1.54, 1.807) is 31.8 Å². The van der Waals surface area contributed by atoms with Gasteiger partial charge in [-0.15, -0.1) is 0 Å². The summed E-state index contributed by atoms with van der Waals surface area (Å²) >= 11 is 1.17. The zero-order valence-corrected chi connectivity index (χ0v) is 16.1. The Morgan fingerprint density at radius 3 is 2.58 bits per heavy atom. The van der Waals surface area contributed by atoms with Gasteiger partial charge in [-0.25, -0.2) is 0 Å². The van der Waals surface area contributed by atoms with Crippen LogP contribution in [0.5, 0.6) is 0 Å². The van der Waals surface area contributed by atoms with Crippen LogP contribution >= 0.6 is 11.8 Å². The third-order valence-electron chi connectivity index (χ3n) is 2.97. The number of nitrogens with zero attached hydrogens (tertiary/aromatic N) is 2. The average molecular weight is 356 g/mol. The molecule has 0 saturated carbocycles. The second-order valence-electron chi connectivity index (χ2n) is 5.27. The summed E-state index contributed by atoms with van der Waals surface area (Å²) in [6, 6.07) is 1.69. The first-order chi connectivity index (χ1) is 11.3. The Morgan fingerprint density at radius 2 is 2.04 bits per heavy atom. The highest BCUT2D eigenvalue weighted by atomic mass is 32.2. The third-order valence-corrected chi connectivity index (χ3v) is 3.48. The van der Waals surface area contributed by atoms with Crippen molar-refractivity contribution in [2.75, 3.05) is 19.9 Å². The van der Waals surface area contributed by atoms with Crippen molar-refractivity contribution < 1.29 is 14.3 Å². The number of thioether (sulfide) groups is 1. The predicted octanol–water partition coefficient (Wildman–Crippen LogP) is 1.87. The topological polar surface area (TPSA) is 98.7 Å². The van der Waals surface area contributed by atoms with Crippen LogP contribution < -0.4 is 11.1 Å². The molecule has 0 fully saturated rings. The molecule has 0 saturated heterocycles. The van der Waals surface area contributed by atoms with Gasteiger partial charge in [-0.3, -0.25) is 9.59 Å². The molecule has 3 N–H and O–H groups in total. The van der Waals surface area contributed by atoms with Crippen molar-refractivity contribution in [2.45, 2.75) is 39.8 Å². The fraction of sp³-hybridized carbons (Fsp3) is 0.562. The van der Waals surface area contributed by atoms with Crippen LogP contribution in [0.1, 0.15) is 38.1 Å². The summed E-state index contributed by atoms with van der Waals surface area (Å²) in [6.45, 7) is 8.35. The van der Waals surface area contributed by atoms with E-state index in [1.165, 1.54) is 11.8 Å². The number of amides is 2. The fourth-order valence-corrected chi connectivity index (χ4v) is 1.84. The van der Waals surface area contributed by atoms with Gasteiger partial charge in [0.25, 0.3) is 11.8 Å². The number of aromatic nitrogens is 1. The van der Waals surface area contributed by atoms with Crippen LogP contribution in [-0.4, -0.2) is 47.1 Å². The molecule has 1 rings (SSSR count). The summed E-state index contributed by atoms with van der Waals surface area (Å²) in [5.41, 5.74) is 5.58. The Bertz CT molecular complexity index is 567. The lowest BCUT2D eigenvalue weighted by Gasteiger charge is -2.23. The monoisotopic (exact) mass is 356 g/mol. The maximum absolute atomic E-state index is 12.0. The van der Waals surface area contributed by atoms with E-state index in [-0.39, 0.29) is 23.2 Å². The molecular weight excluding hydrogens is 328 g/mol. The molecule has 0 bridgehead atoms. The van der Waals surface area contributed by atoms with Crippen LogP contribution in [0.3, 0.4) is 0 Å². The molecule has 0 aliphatic carbocycles. The number of methoxy groups -OCH3 is 1. The summed E-state index contributed by atoms with van der Waals surface area (Å²) in [4.78, 5) is 27.0. The molecule has 1 aromatic rings. The van der Waals surface area contributed by atoms with Gasteiger partial charge in [0, 0.05) is 19.5 Å². The van der Waals surface area contributed by atoms with Crippen molar-refractivity contribution in [1.29, 1.82) is 0 Å². The highest BCUT2D eigenvalue weighted by Crippen LogP contribution is 2.12. The maximum Gasteiger partial charge on any atom is 0.267 e. The Balaban J connectivity index is 0.00000254. The highest BCUT2D eigenvalue weighted by Gasteiger charge is 2.18. The van der Waals surface area contributed by atoms with E-state index in [1.807, 2.05) is 32.3 Å². The molecule has 0 aliphatic heterocycles. The Labute approximate surface area is 148 Å². The number of carbonyl (C=O) groups is 2. The number of aliphatic imine (C=N–C) groups is 1. The minimum atomic E-state index is -0.486. The van der Waals surface area contributed by atoms with Crippen LogP contribution in [0, 0.1) is 0 Å². The largest absolute Gasteiger partial charge is 0.378 e. The summed E-state index contributed by atoms with van der Waals surface area (Å²) in [6.07, 6.45) is 5.22. The molecule has 0 spiro atoms. The van der Waals surface area contributed by atoms with Gasteiger partial charge in [0.05, 0.1) is 24.3 Å². The van der Waals surface area contributed by atoms with Crippen LogP contribution in [0.15, 0.2) is 23.5 Å². The quantitative estimate of drug-likeness (QED) is 0.599. The van der Waals surface area contributed by atoms with Crippen LogP contribution in [0.25, 0.3) is 0 Å². The number of carbonyl (C=O) groups excluding carboxylic acids is 2. The molecule has 2 amide bonds. The van der Waals surface area contributed by atoms with E-state index in [0.29, 0.717) is 12.1 Å². The van der Waals surface area contributed by atoms with E-state index in [9.17, 15) is 9.59 Å². The summed E-state index contributed by atoms with van der Waals surface area (Å²) < 4.78 is 7.21. The number of ether oxygens (including phenoxy) is 1. The lowest BCUT2D eigenvalue weighted by molar-refractivity contribution is -0.116. The van der Waals surface area contributed by atoms with Crippen LogP contribution in [0.4, 0.5) is 0 Å². The van der Waals surface area contributed by atoms with Crippen LogP contribution in [-0.2, 0) is 16.1 Å². The smallest absolute Gasteiger partial charge is 0.267 e. The van der Waals surface area contributed by atoms with Gasteiger partial charge < -0.3 is 20.4 Å². The van der Waals surface area contributed by atoms with Crippen LogP contribution in [0.2, 0.25) is 0 Å². The van der Waals surface area contributed by atoms with Gasteiger partial charge in [0.2, 0.25) is 0 Å². The number of hydrogen-bond acceptors (Lipinski definition) is 4. The molecule has 1 aromatic heterocycles. The number of amidine groups is 1. The molecule has 136 valence electrons. The van der Waals surface area contributed by atoms with Gasteiger partial charge in [-0.05, 0) is 26.2 Å². The van der Waals surface area contributed by atoms with E-state index in [2.05, 4.69) is 10.3 Å². The SMILES string of the molecule is CC.COC(C)(C)Cn1ccc(C(=O)NCC(=O)N=C(N)SC)c1. The third kappa shape index (κ3) is 8.16. The Kier molecular flexibility index (Phi) is 10.1. The average Bonchev–Trinajstić information content (AvgIpc) is 3.02. The summed E-state index contributed by atoms with van der Waals surface area (Å²) in [5, 5.41) is 2.69. The first kappa shape index (κ1) is 22.2. The lowest BCUT2D eigenvalue weighted by atomic mass is 10.1. The van der Waals surface area contributed by atoms with Gasteiger partial charge in [-0.2, -0.15) is 4.99 Å². The standard InChI is InChI=1S/C14H22N4O3S.C2H6/c1-14(2,21-3)9-18-6-5-10(8-18)12(20)16-7-11(19)17-13(15)22-4;1-2/h5-6,8H,7,9H2,1-4H3,(H,16,20)(H2,15,17,19);1-2H3. The second kappa shape index (κ2) is 10.9. The zero-order chi connectivity index (χ0) is 18.8.